The van der Waals surface area contributed by atoms with Crippen LogP contribution in [0.25, 0.3) is 0 Å². The number of fused-ring (bicyclic) bond motifs is 1. The minimum atomic E-state index is 1.18. The van der Waals surface area contributed by atoms with Crippen molar-refractivity contribution in [3.8, 4) is 0 Å². The van der Waals surface area contributed by atoms with Crippen molar-refractivity contribution in [1.82, 2.24) is 4.90 Å². The van der Waals surface area contributed by atoms with Crippen molar-refractivity contribution < 1.29 is 0 Å². The lowest BCUT2D eigenvalue weighted by Crippen LogP contribution is -2.15. The molecule has 0 unspecified atom stereocenters. The molecule has 2 heteroatoms. The minimum Gasteiger partial charge on any atom is -0.295 e. The molecular formula is C10H15NS. The molecule has 1 aliphatic rings. The molecule has 1 aromatic rings. The van der Waals surface area contributed by atoms with Gasteiger partial charge in [0.25, 0.3) is 0 Å². The molecule has 1 aromatic heterocycles. The van der Waals surface area contributed by atoms with Crippen LogP contribution in [0.2, 0.25) is 0 Å². The van der Waals surface area contributed by atoms with E-state index in [4.69, 9.17) is 0 Å². The van der Waals surface area contributed by atoms with E-state index in [0.29, 0.717) is 0 Å². The fourth-order valence-electron chi connectivity index (χ4n) is 1.92. The predicted octanol–water partition coefficient (Wildman–Crippen LogP) is 2.70. The monoisotopic (exact) mass is 181 g/mol. The number of thiophene rings is 1. The summed E-state index contributed by atoms with van der Waals surface area (Å²) in [6.07, 6.45) is 0. The zero-order valence-electron chi connectivity index (χ0n) is 7.98. The Kier molecular flexibility index (Phi) is 1.97. The Hall–Kier alpha value is -0.340. The topological polar surface area (TPSA) is 3.24 Å². The van der Waals surface area contributed by atoms with E-state index in [9.17, 15) is 0 Å². The molecule has 0 bridgehead atoms. The van der Waals surface area contributed by atoms with Gasteiger partial charge in [0.1, 0.15) is 0 Å². The fourth-order valence-corrected chi connectivity index (χ4v) is 3.00. The SMILES string of the molecule is CCN1Cc2c(C)sc(C)c2C1. The largest absolute Gasteiger partial charge is 0.295 e. The average molecular weight is 181 g/mol. The molecule has 0 amide bonds. The Morgan fingerprint density at radius 1 is 1.17 bits per heavy atom. The summed E-state index contributed by atoms with van der Waals surface area (Å²) < 4.78 is 0. The zero-order valence-corrected chi connectivity index (χ0v) is 8.79. The Labute approximate surface area is 78.0 Å². The van der Waals surface area contributed by atoms with Gasteiger partial charge in [-0.15, -0.1) is 11.3 Å². The number of hydrogen-bond acceptors (Lipinski definition) is 2. The molecule has 1 aliphatic heterocycles. The van der Waals surface area contributed by atoms with Gasteiger partial charge in [-0.2, -0.15) is 0 Å². The van der Waals surface area contributed by atoms with Crippen molar-refractivity contribution in [2.45, 2.75) is 33.9 Å². The summed E-state index contributed by atoms with van der Waals surface area (Å²) in [7, 11) is 0. The van der Waals surface area contributed by atoms with Gasteiger partial charge in [0.15, 0.2) is 0 Å². The lowest BCUT2D eigenvalue weighted by Gasteiger charge is -2.11. The van der Waals surface area contributed by atoms with Crippen molar-refractivity contribution in [2.75, 3.05) is 6.54 Å². The van der Waals surface area contributed by atoms with Crippen molar-refractivity contribution >= 4 is 11.3 Å². The molecular weight excluding hydrogens is 166 g/mol. The Morgan fingerprint density at radius 2 is 1.67 bits per heavy atom. The van der Waals surface area contributed by atoms with Crippen LogP contribution < -0.4 is 0 Å². The normalized spacial score (nSPS) is 16.9. The minimum absolute atomic E-state index is 1.18. The van der Waals surface area contributed by atoms with Gasteiger partial charge in [0.2, 0.25) is 0 Å². The molecule has 0 saturated heterocycles. The Morgan fingerprint density at radius 3 is 2.08 bits per heavy atom. The van der Waals surface area contributed by atoms with E-state index in [0.717, 1.165) is 0 Å². The van der Waals surface area contributed by atoms with Crippen molar-refractivity contribution in [3.63, 3.8) is 0 Å². The van der Waals surface area contributed by atoms with Crippen LogP contribution in [-0.4, -0.2) is 11.4 Å². The summed E-state index contributed by atoms with van der Waals surface area (Å²) in [5, 5.41) is 0. The van der Waals surface area contributed by atoms with Crippen LogP contribution in [-0.2, 0) is 13.1 Å². The fraction of sp³-hybridized carbons (Fsp3) is 0.600. The van der Waals surface area contributed by atoms with Gasteiger partial charge >= 0.3 is 0 Å². The van der Waals surface area contributed by atoms with E-state index in [1.165, 1.54) is 29.4 Å². The summed E-state index contributed by atoms with van der Waals surface area (Å²) in [6, 6.07) is 0. The second-order valence-electron chi connectivity index (χ2n) is 3.47. The highest BCUT2D eigenvalue weighted by Gasteiger charge is 2.22. The third kappa shape index (κ3) is 1.10. The zero-order chi connectivity index (χ0) is 8.72. The molecule has 12 heavy (non-hydrogen) atoms. The second kappa shape index (κ2) is 2.86. The summed E-state index contributed by atoms with van der Waals surface area (Å²) in [6.45, 7) is 10.3. The highest BCUT2D eigenvalue weighted by Crippen LogP contribution is 2.34. The maximum atomic E-state index is 2.50. The first-order valence-electron chi connectivity index (χ1n) is 4.52. The predicted molar refractivity (Wildman–Crippen MR) is 53.6 cm³/mol. The second-order valence-corrected chi connectivity index (χ2v) is 4.90. The van der Waals surface area contributed by atoms with Gasteiger partial charge in [-0.3, -0.25) is 4.90 Å². The maximum Gasteiger partial charge on any atom is 0.0251 e. The molecule has 2 rings (SSSR count). The molecule has 0 fully saturated rings. The first-order valence-corrected chi connectivity index (χ1v) is 5.34. The van der Waals surface area contributed by atoms with Crippen molar-refractivity contribution in [1.29, 1.82) is 0 Å². The van der Waals surface area contributed by atoms with Crippen molar-refractivity contribution in [3.05, 3.63) is 20.9 Å². The van der Waals surface area contributed by atoms with Gasteiger partial charge in [-0.25, -0.2) is 0 Å². The third-order valence-corrected chi connectivity index (χ3v) is 3.84. The van der Waals surface area contributed by atoms with Crippen LogP contribution in [0.15, 0.2) is 0 Å². The lowest BCUT2D eigenvalue weighted by molar-refractivity contribution is 0.300. The smallest absolute Gasteiger partial charge is 0.0251 e. The number of nitrogens with zero attached hydrogens (tertiary/aromatic N) is 1. The third-order valence-electron chi connectivity index (χ3n) is 2.73. The lowest BCUT2D eigenvalue weighted by atomic mass is 10.2. The van der Waals surface area contributed by atoms with Gasteiger partial charge in [-0.05, 0) is 31.5 Å². The molecule has 0 N–H and O–H groups in total. The van der Waals surface area contributed by atoms with Crippen LogP contribution in [0.3, 0.4) is 0 Å². The average Bonchev–Trinajstić information content (AvgIpc) is 2.55. The van der Waals surface area contributed by atoms with E-state index in [-0.39, 0.29) is 0 Å². The van der Waals surface area contributed by atoms with Crippen molar-refractivity contribution in [2.24, 2.45) is 0 Å². The van der Waals surface area contributed by atoms with E-state index in [1.807, 2.05) is 11.3 Å². The summed E-state index contributed by atoms with van der Waals surface area (Å²) in [5.74, 6) is 0. The first-order chi connectivity index (χ1) is 5.72. The number of hydrogen-bond donors (Lipinski definition) is 0. The van der Waals surface area contributed by atoms with Crippen LogP contribution >= 0.6 is 11.3 Å². The molecule has 0 aliphatic carbocycles. The van der Waals surface area contributed by atoms with Crippen LogP contribution in [0.5, 0.6) is 0 Å². The van der Waals surface area contributed by atoms with Crippen LogP contribution in [0, 0.1) is 13.8 Å². The number of aryl methyl sites for hydroxylation is 2. The quantitative estimate of drug-likeness (QED) is 0.644. The molecule has 2 heterocycles. The summed E-state index contributed by atoms with van der Waals surface area (Å²) in [5.41, 5.74) is 3.22. The molecule has 0 saturated carbocycles. The van der Waals surface area contributed by atoms with Crippen LogP contribution in [0.4, 0.5) is 0 Å². The van der Waals surface area contributed by atoms with Gasteiger partial charge < -0.3 is 0 Å². The molecule has 0 atom stereocenters. The summed E-state index contributed by atoms with van der Waals surface area (Å²) >= 11 is 1.96. The maximum absolute atomic E-state index is 2.50. The molecule has 0 spiro atoms. The van der Waals surface area contributed by atoms with E-state index >= 15 is 0 Å². The molecule has 0 aromatic carbocycles. The Balaban J connectivity index is 2.36. The van der Waals surface area contributed by atoms with E-state index < -0.39 is 0 Å². The highest BCUT2D eigenvalue weighted by atomic mass is 32.1. The van der Waals surface area contributed by atoms with E-state index in [1.54, 1.807) is 11.1 Å². The Bertz CT molecular complexity index is 275. The highest BCUT2D eigenvalue weighted by molar-refractivity contribution is 7.12. The standard InChI is InChI=1S/C10H15NS/c1-4-11-5-9-7(2)12-8(3)10(9)6-11/h4-6H2,1-3H3. The summed E-state index contributed by atoms with van der Waals surface area (Å²) in [4.78, 5) is 5.55. The van der Waals surface area contributed by atoms with Crippen LogP contribution in [0.1, 0.15) is 27.8 Å². The van der Waals surface area contributed by atoms with E-state index in [2.05, 4.69) is 25.7 Å². The number of rotatable bonds is 1. The molecule has 1 nitrogen and oxygen atoms in total. The first kappa shape index (κ1) is 8.27. The van der Waals surface area contributed by atoms with Gasteiger partial charge in [-0.1, -0.05) is 6.92 Å². The molecule has 0 radical (unpaired) electrons. The van der Waals surface area contributed by atoms with Gasteiger partial charge in [0, 0.05) is 22.8 Å². The molecule has 66 valence electrons. The van der Waals surface area contributed by atoms with Gasteiger partial charge in [0.05, 0.1) is 0 Å².